The van der Waals surface area contributed by atoms with Crippen LogP contribution in [-0.2, 0) is 11.3 Å². The molecule has 7 heteroatoms. The molecule has 110 valence electrons. The van der Waals surface area contributed by atoms with Crippen LogP contribution in [0.15, 0.2) is 42.6 Å². The lowest BCUT2D eigenvalue weighted by molar-refractivity contribution is 0.158. The molecule has 0 aliphatic carbocycles. The molecule has 1 amide bonds. The summed E-state index contributed by atoms with van der Waals surface area (Å²) in [4.78, 5) is 13.3. The van der Waals surface area contributed by atoms with E-state index in [-0.39, 0.29) is 11.7 Å². The van der Waals surface area contributed by atoms with Gasteiger partial charge in [0.1, 0.15) is 5.82 Å². The highest BCUT2D eigenvalue weighted by atomic mass is 32.1. The molecule has 0 unspecified atom stereocenters. The highest BCUT2D eigenvalue weighted by molar-refractivity contribution is 7.80. The Morgan fingerprint density at radius 2 is 2.14 bits per heavy atom. The highest BCUT2D eigenvalue weighted by Crippen LogP contribution is 2.14. The fourth-order valence-corrected chi connectivity index (χ4v) is 2.00. The molecule has 0 radical (unpaired) electrons. The van der Waals surface area contributed by atoms with Gasteiger partial charge in [-0.25, -0.2) is 4.79 Å². The third kappa shape index (κ3) is 4.28. The lowest BCUT2D eigenvalue weighted by Crippen LogP contribution is -2.42. The summed E-state index contributed by atoms with van der Waals surface area (Å²) in [6, 6.07) is 11.6. The number of hydrogen-bond acceptors (Lipinski definition) is 4. The van der Waals surface area contributed by atoms with Crippen molar-refractivity contribution in [3.63, 3.8) is 0 Å². The zero-order chi connectivity index (χ0) is 15.1. The van der Waals surface area contributed by atoms with Crippen molar-refractivity contribution < 1.29 is 9.53 Å². The van der Waals surface area contributed by atoms with Crippen molar-refractivity contribution in [1.29, 1.82) is 0 Å². The summed E-state index contributed by atoms with van der Waals surface area (Å²) in [6.45, 7) is 2.53. The first-order valence-corrected chi connectivity index (χ1v) is 6.90. The minimum absolute atomic E-state index is 0.251. The van der Waals surface area contributed by atoms with Crippen LogP contribution in [0.4, 0.5) is 10.6 Å². The number of thiocarbonyl (C=S) groups is 1. The number of alkyl carbamates (subject to hydrolysis) is 1. The maximum absolute atomic E-state index is 11.5. The third-order valence-electron chi connectivity index (χ3n) is 2.69. The standard InChI is InChI=1S/C14H16N4O2S/c1-2-20-14(19)16-13(21)18(12-8-9-15-17-12)10-11-6-4-3-5-7-11/h3-9H,2,10H2,1H3,(H,15,17)(H,16,19,21). The molecule has 2 aromatic rings. The minimum Gasteiger partial charge on any atom is -0.450 e. The van der Waals surface area contributed by atoms with Crippen molar-refractivity contribution in [3.8, 4) is 0 Å². The lowest BCUT2D eigenvalue weighted by atomic mass is 10.2. The summed E-state index contributed by atoms with van der Waals surface area (Å²) >= 11 is 5.28. The predicted octanol–water partition coefficient (Wildman–Crippen LogP) is 2.45. The molecule has 2 rings (SSSR count). The van der Waals surface area contributed by atoms with Crippen LogP contribution in [0.3, 0.4) is 0 Å². The quantitative estimate of drug-likeness (QED) is 0.849. The number of hydrogen-bond donors (Lipinski definition) is 2. The molecule has 0 atom stereocenters. The number of nitrogens with one attached hydrogen (secondary N) is 2. The van der Waals surface area contributed by atoms with Crippen molar-refractivity contribution in [2.45, 2.75) is 13.5 Å². The van der Waals surface area contributed by atoms with Crippen LogP contribution in [0.2, 0.25) is 0 Å². The lowest BCUT2D eigenvalue weighted by Gasteiger charge is -2.23. The Morgan fingerprint density at radius 1 is 1.38 bits per heavy atom. The highest BCUT2D eigenvalue weighted by Gasteiger charge is 2.16. The smallest absolute Gasteiger partial charge is 0.413 e. The summed E-state index contributed by atoms with van der Waals surface area (Å²) < 4.78 is 4.84. The van der Waals surface area contributed by atoms with Gasteiger partial charge in [0, 0.05) is 6.07 Å². The van der Waals surface area contributed by atoms with Crippen LogP contribution in [0.1, 0.15) is 12.5 Å². The van der Waals surface area contributed by atoms with Crippen molar-refractivity contribution in [2.75, 3.05) is 11.5 Å². The number of benzene rings is 1. The Bertz CT molecular complexity index is 586. The molecule has 0 spiro atoms. The fraction of sp³-hybridized carbons (Fsp3) is 0.214. The maximum atomic E-state index is 11.5. The van der Waals surface area contributed by atoms with Gasteiger partial charge in [-0.3, -0.25) is 15.3 Å². The van der Waals surface area contributed by atoms with Gasteiger partial charge < -0.3 is 4.74 Å². The number of aromatic amines is 1. The first-order chi connectivity index (χ1) is 10.2. The van der Waals surface area contributed by atoms with Crippen molar-refractivity contribution in [1.82, 2.24) is 15.5 Å². The van der Waals surface area contributed by atoms with Crippen LogP contribution in [0.25, 0.3) is 0 Å². The van der Waals surface area contributed by atoms with E-state index < -0.39 is 6.09 Å². The summed E-state index contributed by atoms with van der Waals surface area (Å²) in [5.41, 5.74) is 1.06. The largest absolute Gasteiger partial charge is 0.450 e. The van der Waals surface area contributed by atoms with E-state index in [1.54, 1.807) is 24.1 Å². The topological polar surface area (TPSA) is 70.2 Å². The summed E-state index contributed by atoms with van der Waals surface area (Å²) in [5, 5.41) is 9.54. The first kappa shape index (κ1) is 15.0. The van der Waals surface area contributed by atoms with Crippen LogP contribution < -0.4 is 10.2 Å². The van der Waals surface area contributed by atoms with E-state index in [1.807, 2.05) is 30.3 Å². The van der Waals surface area contributed by atoms with Crippen LogP contribution >= 0.6 is 12.2 Å². The second kappa shape index (κ2) is 7.39. The molecule has 0 aliphatic heterocycles. The number of carbonyl (C=O) groups is 1. The minimum atomic E-state index is -0.569. The molecule has 1 aromatic carbocycles. The van der Waals surface area contributed by atoms with Crippen molar-refractivity contribution in [2.24, 2.45) is 0 Å². The molecule has 0 saturated carbocycles. The number of H-pyrrole nitrogens is 1. The molecule has 21 heavy (non-hydrogen) atoms. The van der Waals surface area contributed by atoms with Gasteiger partial charge in [-0.05, 0) is 24.7 Å². The number of anilines is 1. The SMILES string of the molecule is CCOC(=O)NC(=S)N(Cc1ccccc1)c1ccn[nH]1. The Balaban J connectivity index is 2.13. The number of nitrogens with zero attached hydrogens (tertiary/aromatic N) is 2. The third-order valence-corrected chi connectivity index (χ3v) is 3.01. The summed E-state index contributed by atoms with van der Waals surface area (Å²) in [5.74, 6) is 0.695. The Kier molecular flexibility index (Phi) is 5.28. The van der Waals surface area contributed by atoms with E-state index in [0.717, 1.165) is 5.56 Å². The van der Waals surface area contributed by atoms with E-state index in [0.29, 0.717) is 12.4 Å². The zero-order valence-corrected chi connectivity index (χ0v) is 12.4. The van der Waals surface area contributed by atoms with Gasteiger partial charge >= 0.3 is 6.09 Å². The van der Waals surface area contributed by atoms with Gasteiger partial charge in [-0.15, -0.1) is 0 Å². The van der Waals surface area contributed by atoms with E-state index in [1.165, 1.54) is 0 Å². The normalized spacial score (nSPS) is 9.95. The Hall–Kier alpha value is -2.41. The molecule has 6 nitrogen and oxygen atoms in total. The molecule has 0 fully saturated rings. The maximum Gasteiger partial charge on any atom is 0.413 e. The fourth-order valence-electron chi connectivity index (χ4n) is 1.75. The molecule has 1 heterocycles. The van der Waals surface area contributed by atoms with Crippen molar-refractivity contribution >= 4 is 29.2 Å². The molecule has 0 aliphatic rings. The first-order valence-electron chi connectivity index (χ1n) is 6.49. The van der Waals surface area contributed by atoms with Gasteiger partial charge in [0.05, 0.1) is 19.3 Å². The van der Waals surface area contributed by atoms with E-state index in [9.17, 15) is 4.79 Å². The van der Waals surface area contributed by atoms with E-state index >= 15 is 0 Å². The van der Waals surface area contributed by atoms with Gasteiger partial charge in [-0.1, -0.05) is 30.3 Å². The summed E-state index contributed by atoms with van der Waals surface area (Å²) in [7, 11) is 0. The number of amides is 1. The monoisotopic (exact) mass is 304 g/mol. The van der Waals surface area contributed by atoms with Gasteiger partial charge in [0.15, 0.2) is 5.11 Å². The Morgan fingerprint density at radius 3 is 2.76 bits per heavy atom. The van der Waals surface area contributed by atoms with Crippen LogP contribution in [-0.4, -0.2) is 28.0 Å². The zero-order valence-electron chi connectivity index (χ0n) is 11.6. The molecule has 0 saturated heterocycles. The van der Waals surface area contributed by atoms with Gasteiger partial charge in [-0.2, -0.15) is 5.10 Å². The molecule has 1 aromatic heterocycles. The number of carbonyl (C=O) groups excluding carboxylic acids is 1. The average molecular weight is 304 g/mol. The van der Waals surface area contributed by atoms with Gasteiger partial charge in [0.2, 0.25) is 0 Å². The molecular formula is C14H16N4O2S. The second-order valence-corrected chi connectivity index (χ2v) is 4.55. The van der Waals surface area contributed by atoms with Crippen molar-refractivity contribution in [3.05, 3.63) is 48.2 Å². The summed E-state index contributed by atoms with van der Waals surface area (Å²) in [6.07, 6.45) is 1.06. The molecule has 2 N–H and O–H groups in total. The number of ether oxygens (including phenoxy) is 1. The average Bonchev–Trinajstić information content (AvgIpc) is 3.00. The van der Waals surface area contributed by atoms with E-state index in [4.69, 9.17) is 17.0 Å². The van der Waals surface area contributed by atoms with Gasteiger partial charge in [0.25, 0.3) is 0 Å². The predicted molar refractivity (Wildman–Crippen MR) is 84.0 cm³/mol. The van der Waals surface area contributed by atoms with Crippen LogP contribution in [0, 0.1) is 0 Å². The molecule has 0 bridgehead atoms. The number of rotatable bonds is 4. The Labute approximate surface area is 128 Å². The second-order valence-electron chi connectivity index (χ2n) is 4.16. The number of aromatic nitrogens is 2. The molecular weight excluding hydrogens is 288 g/mol. The van der Waals surface area contributed by atoms with Crippen LogP contribution in [0.5, 0.6) is 0 Å². The van der Waals surface area contributed by atoms with E-state index in [2.05, 4.69) is 15.5 Å².